The standard InChI is InChI=1S/C19H23N5O3/c1-12-18-13(6-3-7-14(18)24(2)22-12)20-16(25)9-4-10-17-21-19(23-27-17)15-8-5-11-26-15/h5,8,11,13H,3-4,6-7,9-10H2,1-2H3,(H,20,25). The number of furan rings is 1. The molecule has 4 rings (SSSR count). The van der Waals surface area contributed by atoms with Gasteiger partial charge in [0, 0.05) is 31.1 Å². The molecule has 0 fully saturated rings. The molecule has 0 saturated carbocycles. The van der Waals surface area contributed by atoms with Crippen LogP contribution in [0.15, 0.2) is 27.3 Å². The molecule has 1 N–H and O–H groups in total. The van der Waals surface area contributed by atoms with Crippen molar-refractivity contribution in [3.8, 4) is 11.6 Å². The van der Waals surface area contributed by atoms with Gasteiger partial charge in [0.1, 0.15) is 0 Å². The Labute approximate surface area is 156 Å². The van der Waals surface area contributed by atoms with Gasteiger partial charge >= 0.3 is 0 Å². The van der Waals surface area contributed by atoms with Crippen molar-refractivity contribution in [1.29, 1.82) is 0 Å². The predicted molar refractivity (Wildman–Crippen MR) is 96.7 cm³/mol. The molecule has 8 heteroatoms. The Kier molecular flexibility index (Phi) is 4.79. The number of carbonyl (C=O) groups excluding carboxylic acids is 1. The van der Waals surface area contributed by atoms with Crippen molar-refractivity contribution in [3.63, 3.8) is 0 Å². The first-order valence-corrected chi connectivity index (χ1v) is 9.30. The Morgan fingerprint density at radius 3 is 3.15 bits per heavy atom. The minimum Gasteiger partial charge on any atom is -0.461 e. The molecule has 0 spiro atoms. The van der Waals surface area contributed by atoms with Crippen molar-refractivity contribution in [2.75, 3.05) is 0 Å². The first-order valence-electron chi connectivity index (χ1n) is 9.30. The Morgan fingerprint density at radius 2 is 2.33 bits per heavy atom. The Balaban J connectivity index is 1.30. The smallest absolute Gasteiger partial charge is 0.238 e. The number of aryl methyl sites for hydroxylation is 3. The Bertz CT molecular complexity index is 925. The molecule has 27 heavy (non-hydrogen) atoms. The van der Waals surface area contributed by atoms with Crippen LogP contribution >= 0.6 is 0 Å². The van der Waals surface area contributed by atoms with E-state index in [-0.39, 0.29) is 11.9 Å². The summed E-state index contributed by atoms with van der Waals surface area (Å²) in [7, 11) is 1.97. The summed E-state index contributed by atoms with van der Waals surface area (Å²) in [5, 5.41) is 11.6. The van der Waals surface area contributed by atoms with Crippen molar-refractivity contribution in [1.82, 2.24) is 25.2 Å². The highest BCUT2D eigenvalue weighted by molar-refractivity contribution is 5.76. The molecule has 3 aromatic heterocycles. The topological polar surface area (TPSA) is 99.0 Å². The predicted octanol–water partition coefficient (Wildman–Crippen LogP) is 2.89. The normalized spacial score (nSPS) is 16.3. The molecule has 1 unspecified atom stereocenters. The summed E-state index contributed by atoms with van der Waals surface area (Å²) >= 11 is 0. The lowest BCUT2D eigenvalue weighted by molar-refractivity contribution is -0.122. The lowest BCUT2D eigenvalue weighted by Gasteiger charge is -2.24. The fraction of sp³-hybridized carbons (Fsp3) is 0.474. The van der Waals surface area contributed by atoms with E-state index in [0.717, 1.165) is 25.0 Å². The summed E-state index contributed by atoms with van der Waals surface area (Å²) < 4.78 is 12.4. The minimum atomic E-state index is 0.0434. The second-order valence-electron chi connectivity index (χ2n) is 6.92. The number of hydrogen-bond donors (Lipinski definition) is 1. The van der Waals surface area contributed by atoms with E-state index in [1.54, 1.807) is 18.4 Å². The van der Waals surface area contributed by atoms with Gasteiger partial charge in [-0.05, 0) is 44.7 Å². The number of amides is 1. The van der Waals surface area contributed by atoms with Crippen LogP contribution in [0.2, 0.25) is 0 Å². The quantitative estimate of drug-likeness (QED) is 0.717. The van der Waals surface area contributed by atoms with Gasteiger partial charge in [0.05, 0.1) is 18.0 Å². The lowest BCUT2D eigenvalue weighted by atomic mass is 9.91. The number of aromatic nitrogens is 4. The maximum atomic E-state index is 12.4. The molecule has 1 atom stereocenters. The third-order valence-electron chi connectivity index (χ3n) is 4.99. The molecule has 0 aromatic carbocycles. The van der Waals surface area contributed by atoms with E-state index in [2.05, 4.69) is 20.6 Å². The molecule has 3 aromatic rings. The van der Waals surface area contributed by atoms with Gasteiger partial charge in [0.15, 0.2) is 5.76 Å². The van der Waals surface area contributed by atoms with E-state index < -0.39 is 0 Å². The number of carbonyl (C=O) groups is 1. The molecule has 142 valence electrons. The zero-order chi connectivity index (χ0) is 18.8. The second kappa shape index (κ2) is 7.38. The van der Waals surface area contributed by atoms with E-state index in [1.165, 1.54) is 11.3 Å². The maximum Gasteiger partial charge on any atom is 0.238 e. The van der Waals surface area contributed by atoms with Crippen LogP contribution in [-0.4, -0.2) is 25.8 Å². The maximum absolute atomic E-state index is 12.4. The van der Waals surface area contributed by atoms with E-state index in [1.807, 2.05) is 18.7 Å². The van der Waals surface area contributed by atoms with Crippen LogP contribution in [0.3, 0.4) is 0 Å². The molecule has 1 amide bonds. The van der Waals surface area contributed by atoms with E-state index in [4.69, 9.17) is 8.94 Å². The zero-order valence-corrected chi connectivity index (χ0v) is 15.6. The van der Waals surface area contributed by atoms with Gasteiger partial charge < -0.3 is 14.3 Å². The highest BCUT2D eigenvalue weighted by atomic mass is 16.5. The van der Waals surface area contributed by atoms with Gasteiger partial charge in [-0.2, -0.15) is 10.1 Å². The van der Waals surface area contributed by atoms with E-state index in [0.29, 0.717) is 36.7 Å². The van der Waals surface area contributed by atoms with Gasteiger partial charge in [0.25, 0.3) is 0 Å². The van der Waals surface area contributed by atoms with Crippen LogP contribution in [0.1, 0.15) is 54.6 Å². The van der Waals surface area contributed by atoms with Crippen LogP contribution in [0.25, 0.3) is 11.6 Å². The molecule has 3 heterocycles. The van der Waals surface area contributed by atoms with Crippen molar-refractivity contribution in [2.45, 2.75) is 51.5 Å². The third-order valence-corrected chi connectivity index (χ3v) is 4.99. The number of fused-ring (bicyclic) bond motifs is 1. The first-order chi connectivity index (χ1) is 13.1. The number of hydrogen-bond acceptors (Lipinski definition) is 6. The summed E-state index contributed by atoms with van der Waals surface area (Å²) in [6, 6.07) is 3.61. The minimum absolute atomic E-state index is 0.0434. The summed E-state index contributed by atoms with van der Waals surface area (Å²) in [5.41, 5.74) is 3.44. The molecule has 0 bridgehead atoms. The van der Waals surface area contributed by atoms with Crippen LogP contribution in [0, 0.1) is 6.92 Å². The number of rotatable bonds is 6. The van der Waals surface area contributed by atoms with Gasteiger partial charge in [-0.3, -0.25) is 9.48 Å². The Morgan fingerprint density at radius 1 is 1.44 bits per heavy atom. The van der Waals surface area contributed by atoms with Crippen molar-refractivity contribution >= 4 is 5.91 Å². The van der Waals surface area contributed by atoms with Crippen LogP contribution in [0.4, 0.5) is 0 Å². The van der Waals surface area contributed by atoms with Crippen LogP contribution < -0.4 is 5.32 Å². The fourth-order valence-electron chi connectivity index (χ4n) is 3.76. The van der Waals surface area contributed by atoms with Crippen molar-refractivity contribution < 1.29 is 13.7 Å². The SMILES string of the molecule is Cc1nn(C)c2c1C(NC(=O)CCCc1nc(-c3ccco3)no1)CCC2. The molecule has 0 radical (unpaired) electrons. The molecular formula is C19H23N5O3. The monoisotopic (exact) mass is 369 g/mol. The molecule has 1 aliphatic rings. The summed E-state index contributed by atoms with van der Waals surface area (Å²) in [6.07, 6.45) is 6.24. The van der Waals surface area contributed by atoms with Crippen LogP contribution in [0.5, 0.6) is 0 Å². The molecular weight excluding hydrogens is 346 g/mol. The highest BCUT2D eigenvalue weighted by Crippen LogP contribution is 2.31. The highest BCUT2D eigenvalue weighted by Gasteiger charge is 2.27. The largest absolute Gasteiger partial charge is 0.461 e. The van der Waals surface area contributed by atoms with Crippen molar-refractivity contribution in [2.24, 2.45) is 7.05 Å². The average Bonchev–Trinajstić information content (AvgIpc) is 3.37. The fourth-order valence-corrected chi connectivity index (χ4v) is 3.76. The van der Waals surface area contributed by atoms with Crippen LogP contribution in [-0.2, 0) is 24.7 Å². The average molecular weight is 369 g/mol. The Hall–Kier alpha value is -2.90. The number of nitrogens with zero attached hydrogens (tertiary/aromatic N) is 4. The zero-order valence-electron chi connectivity index (χ0n) is 15.6. The summed E-state index contributed by atoms with van der Waals surface area (Å²) in [4.78, 5) is 16.7. The van der Waals surface area contributed by atoms with E-state index >= 15 is 0 Å². The van der Waals surface area contributed by atoms with Gasteiger partial charge in [-0.25, -0.2) is 0 Å². The second-order valence-corrected chi connectivity index (χ2v) is 6.92. The summed E-state index contributed by atoms with van der Waals surface area (Å²) in [5.74, 6) is 1.56. The molecule has 1 aliphatic carbocycles. The third kappa shape index (κ3) is 3.65. The first kappa shape index (κ1) is 17.5. The molecule has 8 nitrogen and oxygen atoms in total. The van der Waals surface area contributed by atoms with Gasteiger partial charge in [0.2, 0.25) is 17.6 Å². The molecule has 0 aliphatic heterocycles. The lowest BCUT2D eigenvalue weighted by Crippen LogP contribution is -2.31. The number of nitrogens with one attached hydrogen (secondary N) is 1. The van der Waals surface area contributed by atoms with Gasteiger partial charge in [-0.1, -0.05) is 5.16 Å². The van der Waals surface area contributed by atoms with E-state index in [9.17, 15) is 4.79 Å². The molecule has 0 saturated heterocycles. The van der Waals surface area contributed by atoms with Gasteiger partial charge in [-0.15, -0.1) is 0 Å². The van der Waals surface area contributed by atoms with Crippen molar-refractivity contribution in [3.05, 3.63) is 41.2 Å². The summed E-state index contributed by atoms with van der Waals surface area (Å²) in [6.45, 7) is 2.01.